The highest BCUT2D eigenvalue weighted by atomic mass is 19.1. The molecule has 0 saturated carbocycles. The van der Waals surface area contributed by atoms with E-state index in [1.165, 1.54) is 12.1 Å². The number of nitrogens with one attached hydrogen (secondary N) is 1. The molecule has 1 aromatic carbocycles. The molecule has 0 aliphatic heterocycles. The third kappa shape index (κ3) is 3.14. The fourth-order valence-electron chi connectivity index (χ4n) is 2.20. The summed E-state index contributed by atoms with van der Waals surface area (Å²) in [6, 6.07) is 2.71. The van der Waals surface area contributed by atoms with Gasteiger partial charge < -0.3 is 10.2 Å². The highest BCUT2D eigenvalue weighted by Crippen LogP contribution is 2.25. The molecule has 20 heavy (non-hydrogen) atoms. The molecule has 0 radical (unpaired) electrons. The Hall–Kier alpha value is -1.95. The van der Waals surface area contributed by atoms with Crippen molar-refractivity contribution in [3.05, 3.63) is 47.3 Å². The largest absolute Gasteiger partial charge is 0.365 e. The highest BCUT2D eigenvalue weighted by Gasteiger charge is 2.16. The van der Waals surface area contributed by atoms with Crippen molar-refractivity contribution in [1.82, 2.24) is 15.1 Å². The first-order valence-corrected chi connectivity index (χ1v) is 6.32. The number of aryl methyl sites for hydroxylation is 1. The van der Waals surface area contributed by atoms with Crippen LogP contribution in [0.25, 0.3) is 0 Å². The van der Waals surface area contributed by atoms with E-state index in [0.29, 0.717) is 18.7 Å². The normalized spacial score (nSPS) is 10.8. The molecule has 0 aliphatic rings. The minimum atomic E-state index is -0.554. The second kappa shape index (κ2) is 6.00. The summed E-state index contributed by atoms with van der Waals surface area (Å²) in [4.78, 5) is 1.55. The Morgan fingerprint density at radius 2 is 1.90 bits per heavy atom. The lowest BCUT2D eigenvalue weighted by atomic mass is 10.1. The van der Waals surface area contributed by atoms with E-state index >= 15 is 0 Å². The van der Waals surface area contributed by atoms with Gasteiger partial charge in [0.25, 0.3) is 0 Å². The van der Waals surface area contributed by atoms with Crippen LogP contribution in [0.1, 0.15) is 11.1 Å². The van der Waals surface area contributed by atoms with E-state index < -0.39 is 11.6 Å². The van der Waals surface area contributed by atoms with Crippen LogP contribution >= 0.6 is 0 Å². The fraction of sp³-hybridized carbons (Fsp3) is 0.357. The highest BCUT2D eigenvalue weighted by molar-refractivity contribution is 5.50. The molecule has 0 aliphatic carbocycles. The Morgan fingerprint density at radius 1 is 1.25 bits per heavy atom. The van der Waals surface area contributed by atoms with Gasteiger partial charge in [-0.1, -0.05) is 0 Å². The lowest BCUT2D eigenvalue weighted by molar-refractivity contribution is 0.571. The molecule has 2 aromatic rings. The Balaban J connectivity index is 2.23. The van der Waals surface area contributed by atoms with Crippen molar-refractivity contribution in [3.8, 4) is 0 Å². The molecule has 0 amide bonds. The molecule has 1 aromatic heterocycles. The first kappa shape index (κ1) is 14.5. The Labute approximate surface area is 117 Å². The molecule has 6 heteroatoms. The van der Waals surface area contributed by atoms with Crippen molar-refractivity contribution < 1.29 is 8.78 Å². The topological polar surface area (TPSA) is 33.1 Å². The maximum atomic E-state index is 14.1. The van der Waals surface area contributed by atoms with E-state index in [1.807, 2.05) is 6.20 Å². The average Bonchev–Trinajstić information content (AvgIpc) is 2.74. The van der Waals surface area contributed by atoms with Crippen molar-refractivity contribution in [2.24, 2.45) is 7.05 Å². The van der Waals surface area contributed by atoms with E-state index in [1.54, 1.807) is 36.9 Å². The summed E-state index contributed by atoms with van der Waals surface area (Å²) in [6.07, 6.45) is 3.50. The number of halogens is 2. The van der Waals surface area contributed by atoms with Gasteiger partial charge in [0.1, 0.15) is 17.3 Å². The van der Waals surface area contributed by atoms with Gasteiger partial charge in [0.05, 0.1) is 6.20 Å². The van der Waals surface area contributed by atoms with E-state index in [2.05, 4.69) is 10.4 Å². The number of hydrogen-bond donors (Lipinski definition) is 1. The molecule has 0 unspecified atom stereocenters. The smallest absolute Gasteiger partial charge is 0.149 e. The molecular formula is C14H18F2N4. The fourth-order valence-corrected chi connectivity index (χ4v) is 2.20. The van der Waals surface area contributed by atoms with Crippen LogP contribution in [-0.2, 0) is 20.1 Å². The van der Waals surface area contributed by atoms with Gasteiger partial charge in [-0.15, -0.1) is 0 Å². The van der Waals surface area contributed by atoms with Gasteiger partial charge in [-0.05, 0) is 24.7 Å². The van der Waals surface area contributed by atoms with Gasteiger partial charge >= 0.3 is 0 Å². The van der Waals surface area contributed by atoms with Crippen LogP contribution in [0.2, 0.25) is 0 Å². The number of benzene rings is 1. The molecule has 0 bridgehead atoms. The molecule has 108 valence electrons. The van der Waals surface area contributed by atoms with Crippen molar-refractivity contribution >= 4 is 5.69 Å². The summed E-state index contributed by atoms with van der Waals surface area (Å²) in [6.45, 7) is 0.827. The van der Waals surface area contributed by atoms with Crippen LogP contribution in [0.15, 0.2) is 24.5 Å². The third-order valence-corrected chi connectivity index (χ3v) is 3.02. The predicted molar refractivity (Wildman–Crippen MR) is 74.4 cm³/mol. The maximum Gasteiger partial charge on any atom is 0.149 e. The third-order valence-electron chi connectivity index (χ3n) is 3.02. The molecule has 1 N–H and O–H groups in total. The predicted octanol–water partition coefficient (Wildman–Crippen LogP) is 2.05. The van der Waals surface area contributed by atoms with Crippen molar-refractivity contribution in [3.63, 3.8) is 0 Å². The molecule has 1 heterocycles. The van der Waals surface area contributed by atoms with Crippen molar-refractivity contribution in [2.75, 3.05) is 19.0 Å². The lowest BCUT2D eigenvalue weighted by Crippen LogP contribution is -2.19. The second-order valence-corrected chi connectivity index (χ2v) is 4.82. The van der Waals surface area contributed by atoms with E-state index in [4.69, 9.17) is 0 Å². The molecular weight excluding hydrogens is 262 g/mol. The first-order valence-electron chi connectivity index (χ1n) is 6.32. The van der Waals surface area contributed by atoms with Gasteiger partial charge in [0, 0.05) is 38.9 Å². The number of hydrogen-bond acceptors (Lipinski definition) is 3. The summed E-state index contributed by atoms with van der Waals surface area (Å²) in [5.41, 5.74) is 1.46. The number of rotatable bonds is 5. The Kier molecular flexibility index (Phi) is 4.34. The summed E-state index contributed by atoms with van der Waals surface area (Å²) >= 11 is 0. The molecule has 0 fully saturated rings. The van der Waals surface area contributed by atoms with Crippen LogP contribution in [0, 0.1) is 11.6 Å². The van der Waals surface area contributed by atoms with Crippen LogP contribution in [-0.4, -0.2) is 23.9 Å². The minimum absolute atomic E-state index is 0.0197. The van der Waals surface area contributed by atoms with E-state index in [-0.39, 0.29) is 5.69 Å². The molecule has 0 atom stereocenters. The Morgan fingerprint density at radius 3 is 2.40 bits per heavy atom. The summed E-state index contributed by atoms with van der Waals surface area (Å²) in [7, 11) is 5.20. The summed E-state index contributed by atoms with van der Waals surface area (Å²) in [5, 5.41) is 6.91. The van der Waals surface area contributed by atoms with E-state index in [0.717, 1.165) is 5.56 Å². The zero-order valence-corrected chi connectivity index (χ0v) is 11.8. The van der Waals surface area contributed by atoms with Gasteiger partial charge in [-0.25, -0.2) is 8.78 Å². The van der Waals surface area contributed by atoms with Gasteiger partial charge in [-0.3, -0.25) is 4.68 Å². The molecule has 0 spiro atoms. The Bertz CT molecular complexity index is 572. The minimum Gasteiger partial charge on any atom is -0.365 e. The first-order chi connectivity index (χ1) is 9.51. The van der Waals surface area contributed by atoms with E-state index in [9.17, 15) is 8.78 Å². The van der Waals surface area contributed by atoms with Crippen LogP contribution in [0.4, 0.5) is 14.5 Å². The molecule has 2 rings (SSSR count). The maximum absolute atomic E-state index is 14.1. The second-order valence-electron chi connectivity index (χ2n) is 4.82. The van der Waals surface area contributed by atoms with Gasteiger partial charge in [0.2, 0.25) is 0 Å². The van der Waals surface area contributed by atoms with Gasteiger partial charge in [-0.2, -0.15) is 5.10 Å². The number of nitrogens with zero attached hydrogens (tertiary/aromatic N) is 3. The summed E-state index contributed by atoms with van der Waals surface area (Å²) < 4.78 is 29.8. The van der Waals surface area contributed by atoms with Gasteiger partial charge in [0.15, 0.2) is 0 Å². The monoisotopic (exact) mass is 280 g/mol. The molecule has 0 saturated heterocycles. The zero-order chi connectivity index (χ0) is 14.7. The van der Waals surface area contributed by atoms with Crippen molar-refractivity contribution in [2.45, 2.75) is 13.1 Å². The van der Waals surface area contributed by atoms with Crippen LogP contribution in [0.3, 0.4) is 0 Å². The summed E-state index contributed by atoms with van der Waals surface area (Å²) in [5.74, 6) is -1.11. The lowest BCUT2D eigenvalue weighted by Gasteiger charge is -2.20. The standard InChI is InChI=1S/C14H18F2N4/c1-17-6-10-4-12(15)14(13(16)5-10)19(2)8-11-7-18-20(3)9-11/h4-5,7,9,17H,6,8H2,1-3H3. The number of anilines is 1. The van der Waals surface area contributed by atoms with Crippen LogP contribution < -0.4 is 10.2 Å². The quantitative estimate of drug-likeness (QED) is 0.910. The zero-order valence-electron chi connectivity index (χ0n) is 11.8. The van der Waals surface area contributed by atoms with Crippen LogP contribution in [0.5, 0.6) is 0 Å². The molecule has 4 nitrogen and oxygen atoms in total. The SMILES string of the molecule is CNCc1cc(F)c(N(C)Cc2cnn(C)c2)c(F)c1. The number of aromatic nitrogens is 2. The average molecular weight is 280 g/mol. The van der Waals surface area contributed by atoms with Crippen molar-refractivity contribution in [1.29, 1.82) is 0 Å².